The Morgan fingerprint density at radius 2 is 2.21 bits per heavy atom. The second-order valence-corrected chi connectivity index (χ2v) is 4.47. The van der Waals surface area contributed by atoms with Crippen LogP contribution in [-0.2, 0) is 15.9 Å². The third-order valence-electron chi connectivity index (χ3n) is 2.37. The van der Waals surface area contributed by atoms with Gasteiger partial charge in [-0.2, -0.15) is 0 Å². The van der Waals surface area contributed by atoms with E-state index in [1.54, 1.807) is 4.90 Å². The first-order chi connectivity index (χ1) is 6.59. The fourth-order valence-corrected chi connectivity index (χ4v) is 1.96. The van der Waals surface area contributed by atoms with Gasteiger partial charge in [0.25, 0.3) is 0 Å². The Balaban J connectivity index is 2.43. The molecule has 82 valence electrons. The molecule has 0 aliphatic carbocycles. The molecule has 1 fully saturated rings. The number of carbonyl (C=O) groups is 1. The highest BCUT2D eigenvalue weighted by atomic mass is 32.2. The minimum absolute atomic E-state index is 0.160. The van der Waals surface area contributed by atoms with Gasteiger partial charge in [-0.15, -0.1) is 0 Å². The molecule has 2 atom stereocenters. The summed E-state index contributed by atoms with van der Waals surface area (Å²) in [4.78, 5) is 13.0. The summed E-state index contributed by atoms with van der Waals surface area (Å²) in [5.41, 5.74) is 5.75. The van der Waals surface area contributed by atoms with E-state index in [0.717, 1.165) is 19.3 Å². The highest BCUT2D eigenvalue weighted by Gasteiger charge is 2.19. The van der Waals surface area contributed by atoms with Crippen molar-refractivity contribution in [2.24, 2.45) is 5.73 Å². The van der Waals surface area contributed by atoms with Crippen molar-refractivity contribution >= 4 is 17.0 Å². The first-order valence-corrected chi connectivity index (χ1v) is 5.98. The molecule has 1 aliphatic rings. The Labute approximate surface area is 85.9 Å². The minimum Gasteiger partial charge on any atom is -0.342 e. The summed E-state index contributed by atoms with van der Waals surface area (Å²) < 4.78 is 19.0. The summed E-state index contributed by atoms with van der Waals surface area (Å²) in [5.74, 6) is -0.546. The molecule has 6 heteroatoms. The van der Waals surface area contributed by atoms with Crippen LogP contribution in [0.1, 0.15) is 19.3 Å². The Bertz CT molecular complexity index is 235. The van der Waals surface area contributed by atoms with Gasteiger partial charge in [0.05, 0.1) is 0 Å². The van der Waals surface area contributed by atoms with Crippen molar-refractivity contribution < 1.29 is 13.6 Å². The van der Waals surface area contributed by atoms with Crippen LogP contribution < -0.4 is 5.73 Å². The number of rotatable bonds is 2. The van der Waals surface area contributed by atoms with Crippen molar-refractivity contribution in [1.82, 2.24) is 4.90 Å². The van der Waals surface area contributed by atoms with E-state index in [2.05, 4.69) is 0 Å². The molecule has 0 spiro atoms. The van der Waals surface area contributed by atoms with Crippen molar-refractivity contribution in [3.63, 3.8) is 0 Å². The van der Waals surface area contributed by atoms with Gasteiger partial charge >= 0.3 is 0 Å². The molecule has 0 radical (unpaired) electrons. The zero-order valence-electron chi connectivity index (χ0n) is 8.02. The predicted octanol–water partition coefficient (Wildman–Crippen LogP) is -0.452. The van der Waals surface area contributed by atoms with Crippen molar-refractivity contribution in [3.8, 4) is 0 Å². The van der Waals surface area contributed by atoms with Crippen LogP contribution in [0.4, 0.5) is 0 Å². The van der Waals surface area contributed by atoms with Crippen molar-refractivity contribution in [2.45, 2.75) is 25.3 Å². The van der Waals surface area contributed by atoms with Crippen LogP contribution in [0.5, 0.6) is 0 Å². The SMILES string of the molecule is NC1CCCN(C(=O)CS(=O)O)CC1. The van der Waals surface area contributed by atoms with Gasteiger partial charge in [-0.3, -0.25) is 4.79 Å². The maximum absolute atomic E-state index is 11.4. The maximum atomic E-state index is 11.4. The zero-order chi connectivity index (χ0) is 10.6. The molecule has 1 rings (SSSR count). The Morgan fingerprint density at radius 3 is 2.86 bits per heavy atom. The van der Waals surface area contributed by atoms with Crippen LogP contribution in [-0.4, -0.2) is 44.5 Å². The second kappa shape index (κ2) is 5.43. The number of amides is 1. The topological polar surface area (TPSA) is 83.6 Å². The van der Waals surface area contributed by atoms with E-state index in [1.807, 2.05) is 0 Å². The molecule has 0 aromatic carbocycles. The van der Waals surface area contributed by atoms with Gasteiger partial charge in [0.1, 0.15) is 5.75 Å². The lowest BCUT2D eigenvalue weighted by atomic mass is 10.1. The van der Waals surface area contributed by atoms with Crippen molar-refractivity contribution in [2.75, 3.05) is 18.8 Å². The zero-order valence-corrected chi connectivity index (χ0v) is 8.83. The molecule has 1 heterocycles. The molecule has 1 saturated heterocycles. The third kappa shape index (κ3) is 3.73. The largest absolute Gasteiger partial charge is 0.342 e. The molecule has 5 nitrogen and oxygen atoms in total. The molecule has 0 aromatic heterocycles. The van der Waals surface area contributed by atoms with Gasteiger partial charge in [-0.1, -0.05) is 0 Å². The summed E-state index contributed by atoms with van der Waals surface area (Å²) in [6, 6.07) is 0.160. The molecule has 0 aromatic rings. The van der Waals surface area contributed by atoms with Crippen molar-refractivity contribution in [3.05, 3.63) is 0 Å². The molecule has 0 saturated carbocycles. The van der Waals surface area contributed by atoms with Crippen LogP contribution in [0.15, 0.2) is 0 Å². The lowest BCUT2D eigenvalue weighted by Crippen LogP contribution is -2.35. The van der Waals surface area contributed by atoms with E-state index in [4.69, 9.17) is 10.3 Å². The number of carbonyl (C=O) groups excluding carboxylic acids is 1. The van der Waals surface area contributed by atoms with Gasteiger partial charge in [0, 0.05) is 19.1 Å². The fourth-order valence-electron chi connectivity index (χ4n) is 1.57. The lowest BCUT2D eigenvalue weighted by Gasteiger charge is -2.19. The molecule has 1 amide bonds. The summed E-state index contributed by atoms with van der Waals surface area (Å²) in [5, 5.41) is 0. The summed E-state index contributed by atoms with van der Waals surface area (Å²) in [7, 11) is 0. The average Bonchev–Trinajstić information content (AvgIpc) is 2.28. The van der Waals surface area contributed by atoms with Gasteiger partial charge in [0.15, 0.2) is 11.1 Å². The Hall–Kier alpha value is -0.460. The summed E-state index contributed by atoms with van der Waals surface area (Å²) in [6.45, 7) is 1.26. The maximum Gasteiger partial charge on any atom is 0.237 e. The average molecular weight is 220 g/mol. The van der Waals surface area contributed by atoms with Gasteiger partial charge in [-0.05, 0) is 19.3 Å². The second-order valence-electron chi connectivity index (χ2n) is 3.54. The molecular weight excluding hydrogens is 204 g/mol. The van der Waals surface area contributed by atoms with Gasteiger partial charge < -0.3 is 15.2 Å². The number of hydrogen-bond acceptors (Lipinski definition) is 3. The van der Waals surface area contributed by atoms with Crippen molar-refractivity contribution in [1.29, 1.82) is 0 Å². The summed E-state index contributed by atoms with van der Waals surface area (Å²) >= 11 is -2.03. The Morgan fingerprint density at radius 1 is 1.50 bits per heavy atom. The lowest BCUT2D eigenvalue weighted by molar-refractivity contribution is -0.128. The van der Waals surface area contributed by atoms with Crippen LogP contribution in [0.25, 0.3) is 0 Å². The molecular formula is C8H16N2O3S. The fraction of sp³-hybridized carbons (Fsp3) is 0.875. The predicted molar refractivity (Wildman–Crippen MR) is 54.0 cm³/mol. The number of nitrogens with zero attached hydrogens (tertiary/aromatic N) is 1. The Kier molecular flexibility index (Phi) is 4.50. The van der Waals surface area contributed by atoms with Crippen LogP contribution in [0, 0.1) is 0 Å². The normalized spacial score (nSPS) is 25.6. The van der Waals surface area contributed by atoms with Crippen LogP contribution in [0.2, 0.25) is 0 Å². The number of nitrogens with two attached hydrogens (primary N) is 1. The number of likely N-dealkylation sites (tertiary alicyclic amines) is 1. The molecule has 2 unspecified atom stereocenters. The van der Waals surface area contributed by atoms with E-state index < -0.39 is 11.1 Å². The monoisotopic (exact) mass is 220 g/mol. The molecule has 0 bridgehead atoms. The standard InChI is InChI=1S/C8H16N2O3S/c9-7-2-1-4-10(5-3-7)8(11)6-14(12)13/h7H,1-6,9H2,(H,12,13). The number of hydrogen-bond donors (Lipinski definition) is 2. The van der Waals surface area contributed by atoms with E-state index in [0.29, 0.717) is 13.1 Å². The van der Waals surface area contributed by atoms with Crippen LogP contribution in [0.3, 0.4) is 0 Å². The van der Waals surface area contributed by atoms with Gasteiger partial charge in [-0.25, -0.2) is 4.21 Å². The first-order valence-electron chi connectivity index (χ1n) is 4.70. The summed E-state index contributed by atoms with van der Waals surface area (Å²) in [6.07, 6.45) is 2.58. The third-order valence-corrected chi connectivity index (χ3v) is 2.87. The van der Waals surface area contributed by atoms with E-state index >= 15 is 0 Å². The molecule has 3 N–H and O–H groups in total. The molecule has 14 heavy (non-hydrogen) atoms. The van der Waals surface area contributed by atoms with E-state index in [1.165, 1.54) is 0 Å². The van der Waals surface area contributed by atoms with E-state index in [9.17, 15) is 9.00 Å². The minimum atomic E-state index is -2.03. The van der Waals surface area contributed by atoms with Gasteiger partial charge in [0.2, 0.25) is 5.91 Å². The quantitative estimate of drug-likeness (QED) is 0.617. The van der Waals surface area contributed by atoms with Crippen LogP contribution >= 0.6 is 0 Å². The van der Waals surface area contributed by atoms with E-state index in [-0.39, 0.29) is 17.7 Å². The highest BCUT2D eigenvalue weighted by molar-refractivity contribution is 7.80. The highest BCUT2D eigenvalue weighted by Crippen LogP contribution is 2.09. The molecule has 1 aliphatic heterocycles. The smallest absolute Gasteiger partial charge is 0.237 e. The first kappa shape index (κ1) is 11.6.